The van der Waals surface area contributed by atoms with E-state index in [1.807, 2.05) is 6.07 Å². The van der Waals surface area contributed by atoms with E-state index in [0.717, 1.165) is 0 Å². The molecule has 1 aromatic rings. The number of nitrogens with zero attached hydrogens (tertiary/aromatic N) is 1. The molecular weight excluding hydrogens is 188 g/mol. The molecule has 1 rings (SSSR count). The highest BCUT2D eigenvalue weighted by Crippen LogP contribution is 2.19. The second kappa shape index (κ2) is 4.42. The van der Waals surface area contributed by atoms with Gasteiger partial charge >= 0.3 is 0 Å². The van der Waals surface area contributed by atoms with E-state index < -0.39 is 13.0 Å². The number of nitriles is 1. The van der Waals surface area contributed by atoms with Crippen molar-refractivity contribution in [1.29, 1.82) is 5.26 Å². The molecule has 0 bridgehead atoms. The Hall–Kier alpha value is -1.83. The summed E-state index contributed by atoms with van der Waals surface area (Å²) in [6.45, 7) is -0.448. The van der Waals surface area contributed by atoms with Gasteiger partial charge in [-0.3, -0.25) is 0 Å². The summed E-state index contributed by atoms with van der Waals surface area (Å²) in [4.78, 5) is 0. The lowest BCUT2D eigenvalue weighted by atomic mass is 10.2. The summed E-state index contributed by atoms with van der Waals surface area (Å²) in [6.07, 6.45) is -2.43. The average molecular weight is 197 g/mol. The summed E-state index contributed by atoms with van der Waals surface area (Å²) < 4.78 is 23.7. The van der Waals surface area contributed by atoms with Gasteiger partial charge < -0.3 is 11.1 Å². The van der Waals surface area contributed by atoms with Crippen LogP contribution in [0.5, 0.6) is 0 Å². The van der Waals surface area contributed by atoms with Crippen molar-refractivity contribution in [2.75, 3.05) is 17.6 Å². The third kappa shape index (κ3) is 2.59. The lowest BCUT2D eigenvalue weighted by Gasteiger charge is -2.08. The van der Waals surface area contributed by atoms with Crippen molar-refractivity contribution in [3.8, 4) is 6.07 Å². The second-order valence-corrected chi connectivity index (χ2v) is 2.69. The Bertz CT molecular complexity index is 358. The quantitative estimate of drug-likeness (QED) is 0.726. The molecule has 0 aromatic heterocycles. The van der Waals surface area contributed by atoms with E-state index in [0.29, 0.717) is 16.9 Å². The summed E-state index contributed by atoms with van der Waals surface area (Å²) in [6, 6.07) is 6.37. The van der Waals surface area contributed by atoms with E-state index in [4.69, 9.17) is 11.0 Å². The molecule has 0 aliphatic rings. The van der Waals surface area contributed by atoms with Crippen molar-refractivity contribution in [2.24, 2.45) is 0 Å². The summed E-state index contributed by atoms with van der Waals surface area (Å²) >= 11 is 0. The highest BCUT2D eigenvalue weighted by atomic mass is 19.3. The van der Waals surface area contributed by atoms with Crippen LogP contribution >= 0.6 is 0 Å². The van der Waals surface area contributed by atoms with Crippen LogP contribution in [0.15, 0.2) is 18.2 Å². The van der Waals surface area contributed by atoms with Gasteiger partial charge in [-0.25, -0.2) is 8.78 Å². The van der Waals surface area contributed by atoms with Gasteiger partial charge in [0.25, 0.3) is 6.43 Å². The number of halogens is 2. The zero-order chi connectivity index (χ0) is 10.6. The highest BCUT2D eigenvalue weighted by molar-refractivity contribution is 5.68. The summed E-state index contributed by atoms with van der Waals surface area (Å²) in [5.41, 5.74) is 6.65. The Labute approximate surface area is 80.1 Å². The molecule has 0 fully saturated rings. The maximum absolute atomic E-state index is 11.8. The minimum Gasteiger partial charge on any atom is -0.397 e. The van der Waals surface area contributed by atoms with Gasteiger partial charge in [0.2, 0.25) is 0 Å². The van der Waals surface area contributed by atoms with Crippen molar-refractivity contribution in [2.45, 2.75) is 6.43 Å². The average Bonchev–Trinajstić information content (AvgIpc) is 2.15. The maximum Gasteiger partial charge on any atom is 0.255 e. The number of nitrogens with one attached hydrogen (secondary N) is 1. The van der Waals surface area contributed by atoms with Crippen LogP contribution in [0.2, 0.25) is 0 Å². The molecular formula is C9H9F2N3. The van der Waals surface area contributed by atoms with Crippen molar-refractivity contribution in [3.63, 3.8) is 0 Å². The van der Waals surface area contributed by atoms with Crippen LogP contribution in [0.1, 0.15) is 5.56 Å². The van der Waals surface area contributed by atoms with Crippen molar-refractivity contribution >= 4 is 11.4 Å². The third-order valence-corrected chi connectivity index (χ3v) is 1.63. The molecule has 0 aliphatic heterocycles. The number of hydrogen-bond acceptors (Lipinski definition) is 3. The smallest absolute Gasteiger partial charge is 0.255 e. The van der Waals surface area contributed by atoms with E-state index in [1.165, 1.54) is 18.2 Å². The van der Waals surface area contributed by atoms with Gasteiger partial charge in [0, 0.05) is 0 Å². The molecule has 1 aromatic carbocycles. The Morgan fingerprint density at radius 1 is 1.50 bits per heavy atom. The van der Waals surface area contributed by atoms with Crippen LogP contribution in [-0.2, 0) is 0 Å². The number of rotatable bonds is 3. The van der Waals surface area contributed by atoms with Crippen LogP contribution in [0.3, 0.4) is 0 Å². The lowest BCUT2D eigenvalue weighted by molar-refractivity contribution is 0.163. The maximum atomic E-state index is 11.8. The molecule has 0 saturated carbocycles. The number of nitrogen functional groups attached to an aromatic ring is 1. The van der Waals surface area contributed by atoms with E-state index in [2.05, 4.69) is 5.32 Å². The first-order valence-electron chi connectivity index (χ1n) is 3.95. The summed E-state index contributed by atoms with van der Waals surface area (Å²) in [5.74, 6) is 0. The molecule has 3 nitrogen and oxygen atoms in total. The highest BCUT2D eigenvalue weighted by Gasteiger charge is 2.04. The van der Waals surface area contributed by atoms with Crippen LogP contribution in [0.4, 0.5) is 20.2 Å². The molecule has 74 valence electrons. The molecule has 0 amide bonds. The van der Waals surface area contributed by atoms with E-state index in [1.54, 1.807) is 0 Å². The zero-order valence-corrected chi connectivity index (χ0v) is 7.30. The summed E-state index contributed by atoms with van der Waals surface area (Å²) in [7, 11) is 0. The molecule has 0 heterocycles. The fourth-order valence-corrected chi connectivity index (χ4v) is 0.980. The Kier molecular flexibility index (Phi) is 3.24. The first-order chi connectivity index (χ1) is 6.63. The first-order valence-corrected chi connectivity index (χ1v) is 3.95. The molecule has 0 spiro atoms. The third-order valence-electron chi connectivity index (χ3n) is 1.63. The SMILES string of the molecule is N#Cc1ccc(NCC(F)F)c(N)c1. The molecule has 0 aliphatic carbocycles. The fourth-order valence-electron chi connectivity index (χ4n) is 0.980. The lowest BCUT2D eigenvalue weighted by Crippen LogP contribution is -2.11. The largest absolute Gasteiger partial charge is 0.397 e. The minimum atomic E-state index is -2.43. The van der Waals surface area contributed by atoms with Crippen molar-refractivity contribution in [3.05, 3.63) is 23.8 Å². The molecule has 0 unspecified atom stereocenters. The summed E-state index contributed by atoms with van der Waals surface area (Å²) in [5, 5.41) is 11.0. The predicted octanol–water partition coefficient (Wildman–Crippen LogP) is 1.82. The van der Waals surface area contributed by atoms with Crippen molar-refractivity contribution < 1.29 is 8.78 Å². The minimum absolute atomic E-state index is 0.296. The van der Waals surface area contributed by atoms with Crippen LogP contribution < -0.4 is 11.1 Å². The normalized spacial score (nSPS) is 9.86. The topological polar surface area (TPSA) is 61.8 Å². The Morgan fingerprint density at radius 2 is 2.21 bits per heavy atom. The predicted molar refractivity (Wildman–Crippen MR) is 50.1 cm³/mol. The fraction of sp³-hybridized carbons (Fsp3) is 0.222. The standard InChI is InChI=1S/C9H9F2N3/c10-9(11)5-14-8-2-1-6(4-12)3-7(8)13/h1-3,9,14H,5,13H2. The van der Waals surface area contributed by atoms with Crippen LogP contribution in [0.25, 0.3) is 0 Å². The number of benzene rings is 1. The number of anilines is 2. The molecule has 14 heavy (non-hydrogen) atoms. The van der Waals surface area contributed by atoms with Gasteiger partial charge in [-0.15, -0.1) is 0 Å². The van der Waals surface area contributed by atoms with Gasteiger partial charge in [0.15, 0.2) is 0 Å². The van der Waals surface area contributed by atoms with Gasteiger partial charge in [-0.2, -0.15) is 5.26 Å². The first kappa shape index (κ1) is 10.3. The van der Waals surface area contributed by atoms with Gasteiger partial charge in [-0.05, 0) is 18.2 Å². The number of hydrogen-bond donors (Lipinski definition) is 2. The van der Waals surface area contributed by atoms with Gasteiger partial charge in [0.05, 0.1) is 29.6 Å². The van der Waals surface area contributed by atoms with E-state index >= 15 is 0 Å². The zero-order valence-electron chi connectivity index (χ0n) is 7.30. The Morgan fingerprint density at radius 3 is 2.71 bits per heavy atom. The molecule has 0 atom stereocenters. The molecule has 3 N–H and O–H groups in total. The second-order valence-electron chi connectivity index (χ2n) is 2.69. The van der Waals surface area contributed by atoms with Gasteiger partial charge in [0.1, 0.15) is 0 Å². The van der Waals surface area contributed by atoms with E-state index in [-0.39, 0.29) is 0 Å². The number of alkyl halides is 2. The number of nitrogens with two attached hydrogens (primary N) is 1. The van der Waals surface area contributed by atoms with E-state index in [9.17, 15) is 8.78 Å². The monoisotopic (exact) mass is 197 g/mol. The molecule has 5 heteroatoms. The molecule has 0 saturated heterocycles. The molecule has 0 radical (unpaired) electrons. The van der Waals surface area contributed by atoms with Crippen LogP contribution in [-0.4, -0.2) is 13.0 Å². The van der Waals surface area contributed by atoms with Gasteiger partial charge in [-0.1, -0.05) is 0 Å². The van der Waals surface area contributed by atoms with Crippen molar-refractivity contribution in [1.82, 2.24) is 0 Å². The Balaban J connectivity index is 2.75. The van der Waals surface area contributed by atoms with Crippen LogP contribution in [0, 0.1) is 11.3 Å².